The molecule has 8 aromatic carbocycles. The van der Waals surface area contributed by atoms with Crippen LogP contribution in [0.25, 0.3) is 42.9 Å². The Morgan fingerprint density at radius 3 is 1.48 bits per heavy atom. The number of nitrogens with zero attached hydrogens (tertiary/aromatic N) is 5. The Morgan fingerprint density at radius 2 is 0.949 bits per heavy atom. The average Bonchev–Trinajstić information content (AvgIpc) is 1.62. The molecule has 4 aliphatic rings. The van der Waals surface area contributed by atoms with E-state index in [4.69, 9.17) is 102 Å². The van der Waals surface area contributed by atoms with Gasteiger partial charge < -0.3 is 51.0 Å². The first-order valence-corrected chi connectivity index (χ1v) is 33.2. The molecule has 20 nitrogen and oxygen atoms in total. The van der Waals surface area contributed by atoms with Crippen molar-refractivity contribution >= 4 is 194 Å². The van der Waals surface area contributed by atoms with Crippen LogP contribution in [0.5, 0.6) is 5.75 Å². The normalized spacial score (nSPS) is 19.3. The maximum atomic E-state index is 12.5. The summed E-state index contributed by atoms with van der Waals surface area (Å²) in [5, 5.41) is 76.2. The average molecular weight is 1500 g/mol. The number of H-pyrrole nitrogens is 1. The molecule has 0 aliphatic carbocycles. The van der Waals surface area contributed by atoms with Crippen LogP contribution in [0.4, 0.5) is 22.7 Å². The highest BCUT2D eigenvalue weighted by atomic mass is 35.5. The molecule has 0 spiro atoms. The molecule has 4 amide bonds. The quantitative estimate of drug-likeness (QED) is 0.0650. The number of fused-ring (bicyclic) bond motifs is 8. The number of hydrogen-bond donors (Lipinski definition) is 9. The Labute approximate surface area is 601 Å². The fraction of sp³-hybridized carbons (Fsp3) is 0.188. The van der Waals surface area contributed by atoms with Crippen molar-refractivity contribution in [1.29, 1.82) is 0 Å². The van der Waals surface area contributed by atoms with E-state index < -0.39 is 46.0 Å². The topological polar surface area (TPSA) is 292 Å². The lowest BCUT2D eigenvalue weighted by Gasteiger charge is -2.22. The first-order chi connectivity index (χ1) is 46.1. The number of methoxy groups -OCH3 is 1. The number of aromatic nitrogens is 6. The molecule has 16 rings (SSSR count). The van der Waals surface area contributed by atoms with Crippen LogP contribution in [0.3, 0.4) is 0 Å². The molecule has 502 valence electrons. The number of hydrogen-bond acceptors (Lipinski definition) is 15. The SMILES string of the molecule is C.COc1ccc2c(CC3(O)C(=O)Nc4c(Cl)ccc(Cl)c43)nsc2c1.Cc1ccc2c(CC3(O)C(=O)Nc4c(Cl)ccc(Cl)c43)[nH]nc2c1.Cc1ccc2c(CC3(O)C(=O)Nc4c(Cl)ccc(Cl)c43)noc2c1.Cc1ccc2c(cnn2CC2(O)C(=O)Nc3c(Cl)ccc(Cl)c32)c1. The second-order valence-electron chi connectivity index (χ2n) is 23.6. The lowest BCUT2D eigenvalue weighted by Crippen LogP contribution is -2.39. The number of anilines is 4. The fourth-order valence-corrected chi connectivity index (χ4v) is 15.2. The second-order valence-corrected chi connectivity index (χ2v) is 27.7. The van der Waals surface area contributed by atoms with E-state index in [2.05, 4.69) is 46.1 Å². The Balaban J connectivity index is 0.000000124. The van der Waals surface area contributed by atoms with Crippen molar-refractivity contribution in [2.75, 3.05) is 28.4 Å². The monoisotopic (exact) mass is 1490 g/mol. The summed E-state index contributed by atoms with van der Waals surface area (Å²) >= 11 is 50.7. The van der Waals surface area contributed by atoms with E-state index in [9.17, 15) is 39.6 Å². The predicted octanol–water partition coefficient (Wildman–Crippen LogP) is 15.5. The molecule has 12 aromatic rings. The summed E-state index contributed by atoms with van der Waals surface area (Å²) in [4.78, 5) is 49.9. The molecule has 0 saturated heterocycles. The van der Waals surface area contributed by atoms with Crippen molar-refractivity contribution in [3.8, 4) is 5.75 Å². The van der Waals surface area contributed by atoms with E-state index >= 15 is 0 Å². The van der Waals surface area contributed by atoms with E-state index in [1.165, 1.54) is 11.5 Å². The van der Waals surface area contributed by atoms with Crippen LogP contribution in [0, 0.1) is 20.8 Å². The van der Waals surface area contributed by atoms with Gasteiger partial charge in [0.25, 0.3) is 23.6 Å². The van der Waals surface area contributed by atoms with Crippen molar-refractivity contribution in [3.63, 3.8) is 0 Å². The number of benzene rings is 8. The lowest BCUT2D eigenvalue weighted by atomic mass is 9.89. The maximum absolute atomic E-state index is 12.5. The van der Waals surface area contributed by atoms with Crippen molar-refractivity contribution in [3.05, 3.63) is 224 Å². The number of halogens is 8. The highest BCUT2D eigenvalue weighted by Crippen LogP contribution is 2.51. The summed E-state index contributed by atoms with van der Waals surface area (Å²) in [7, 11) is 1.59. The van der Waals surface area contributed by atoms with Gasteiger partial charge in [0.2, 0.25) is 0 Å². The minimum atomic E-state index is -1.86. The summed E-state index contributed by atoms with van der Waals surface area (Å²) in [5.74, 6) is -1.55. The Bertz CT molecular complexity index is 4930. The first-order valence-electron chi connectivity index (χ1n) is 29.4. The lowest BCUT2D eigenvalue weighted by molar-refractivity contribution is -0.135. The third-order valence-electron chi connectivity index (χ3n) is 17.2. The Kier molecular flexibility index (Phi) is 18.9. The molecule has 0 saturated carbocycles. The predicted molar refractivity (Wildman–Crippen MR) is 384 cm³/mol. The van der Waals surface area contributed by atoms with Gasteiger partial charge in [-0.15, -0.1) is 0 Å². The maximum Gasteiger partial charge on any atom is 0.263 e. The smallest absolute Gasteiger partial charge is 0.263 e. The molecule has 4 aliphatic heterocycles. The van der Waals surface area contributed by atoms with Gasteiger partial charge >= 0.3 is 0 Å². The summed E-state index contributed by atoms with van der Waals surface area (Å²) in [6, 6.07) is 35.4. The number of aromatic amines is 1. The van der Waals surface area contributed by atoms with Gasteiger partial charge in [0.05, 0.1) is 89.8 Å². The second kappa shape index (κ2) is 26.5. The summed E-state index contributed by atoms with van der Waals surface area (Å²) in [5.41, 5.74) is 2.42. The van der Waals surface area contributed by atoms with E-state index in [1.807, 2.05) is 93.6 Å². The van der Waals surface area contributed by atoms with Crippen molar-refractivity contribution in [1.82, 2.24) is 29.5 Å². The molecule has 9 N–H and O–H groups in total. The molecule has 0 bridgehead atoms. The highest BCUT2D eigenvalue weighted by molar-refractivity contribution is 7.13. The number of amides is 4. The van der Waals surface area contributed by atoms with Gasteiger partial charge in [0.1, 0.15) is 5.75 Å². The minimum absolute atomic E-state index is 0. The Hall–Kier alpha value is -8.10. The van der Waals surface area contributed by atoms with Crippen molar-refractivity contribution < 1.29 is 48.9 Å². The third-order valence-corrected chi connectivity index (χ3v) is 20.6. The van der Waals surface area contributed by atoms with Crippen LogP contribution in [-0.4, -0.2) is 80.7 Å². The zero-order valence-electron chi connectivity index (χ0n) is 50.9. The molecule has 4 unspecified atom stereocenters. The summed E-state index contributed by atoms with van der Waals surface area (Å²) < 4.78 is 17.4. The van der Waals surface area contributed by atoms with Gasteiger partial charge in [-0.25, -0.2) is 0 Å². The van der Waals surface area contributed by atoms with Gasteiger partial charge in [-0.05, 0) is 140 Å². The van der Waals surface area contributed by atoms with Crippen molar-refractivity contribution in [2.24, 2.45) is 0 Å². The number of ether oxygens (including phenoxy) is 1. The molecule has 29 heteroatoms. The summed E-state index contributed by atoms with van der Waals surface area (Å²) in [6.07, 6.45) is 1.66. The standard InChI is InChI=1S/2C17H13Cl2N3O2.C17H12Cl2N2O3S.C17H12Cl2N2O3.CH4/c1-9-2-5-13-10(6-9)7-20-22(13)8-17(24)14-11(18)3-4-12(19)15(14)21-16(17)23;1-8-2-3-9-12(6-8)21-22-13(9)7-17(24)14-10(18)4-5-11(19)15(14)20-16(17)23;1-24-8-2-3-9-12(21-25-13(9)6-8)7-17(23)14-10(18)4-5-11(19)15(14)20-16(17)22;1-8-2-3-9-12(21-24-13(9)6-8)7-17(23)14-10(18)4-5-11(19)15(14)20-16(17)22;/h2-7,24H,8H2,1H3,(H,21,23);2-6,24H,7H2,1H3,(H,20,23)(H,21,22);2-6,23H,7H2,1H3,(H,20,22);2-6,23H,7H2,1H3,(H,20,22);1H4. The number of carbonyl (C=O) groups is 4. The van der Waals surface area contributed by atoms with Crippen LogP contribution in [-0.2, 0) is 67.4 Å². The van der Waals surface area contributed by atoms with Crippen LogP contribution in [0.15, 0.2) is 132 Å². The molecule has 0 radical (unpaired) electrons. The first kappa shape index (κ1) is 69.8. The van der Waals surface area contributed by atoms with E-state index in [1.54, 1.807) is 66.5 Å². The molecular formula is C69H54Cl8N10O10S. The van der Waals surface area contributed by atoms with Crippen LogP contribution < -0.4 is 26.0 Å². The number of aryl methyl sites for hydroxylation is 3. The van der Waals surface area contributed by atoms with E-state index in [0.29, 0.717) is 76.6 Å². The molecule has 4 atom stereocenters. The van der Waals surface area contributed by atoms with Gasteiger partial charge in [-0.2, -0.15) is 14.6 Å². The van der Waals surface area contributed by atoms with E-state index in [-0.39, 0.29) is 64.5 Å². The van der Waals surface area contributed by atoms with Crippen LogP contribution in [0.2, 0.25) is 40.2 Å². The Morgan fingerprint density at radius 1 is 0.510 bits per heavy atom. The highest BCUT2D eigenvalue weighted by Gasteiger charge is 2.52. The molecule has 98 heavy (non-hydrogen) atoms. The van der Waals surface area contributed by atoms with Gasteiger partial charge in [-0.3, -0.25) is 29.0 Å². The number of aliphatic hydroxyl groups is 4. The zero-order valence-corrected chi connectivity index (χ0v) is 57.7. The van der Waals surface area contributed by atoms with Crippen LogP contribution in [0.1, 0.15) is 63.5 Å². The van der Waals surface area contributed by atoms with Gasteiger partial charge in [-0.1, -0.05) is 135 Å². The van der Waals surface area contributed by atoms with E-state index in [0.717, 1.165) is 59.7 Å². The number of rotatable bonds is 9. The molecule has 8 heterocycles. The third kappa shape index (κ3) is 12.1. The number of carbonyl (C=O) groups excluding carboxylic acids is 4. The van der Waals surface area contributed by atoms with Crippen molar-refractivity contribution in [2.45, 2.75) is 76.4 Å². The summed E-state index contributed by atoms with van der Waals surface area (Å²) in [6.45, 7) is 5.85. The van der Waals surface area contributed by atoms with Gasteiger partial charge in [0.15, 0.2) is 28.0 Å². The number of nitrogens with one attached hydrogen (secondary N) is 5. The molecule has 0 fully saturated rings. The van der Waals surface area contributed by atoms with Crippen LogP contribution >= 0.6 is 104 Å². The molecular weight excluding hydrogens is 1440 g/mol. The largest absolute Gasteiger partial charge is 0.497 e. The minimum Gasteiger partial charge on any atom is -0.497 e. The van der Waals surface area contributed by atoms with Gasteiger partial charge in [0, 0.05) is 88.8 Å². The zero-order chi connectivity index (χ0) is 68.9. The molecule has 4 aromatic heterocycles. The fourth-order valence-electron chi connectivity index (χ4n) is 12.3.